The van der Waals surface area contributed by atoms with E-state index in [0.29, 0.717) is 5.92 Å². The van der Waals surface area contributed by atoms with Crippen LogP contribution in [0.15, 0.2) is 46.1 Å². The maximum atomic E-state index is 11.8. The molecule has 6 nitrogen and oxygen atoms in total. The molecule has 1 aromatic heterocycles. The number of hydrogen-bond acceptors (Lipinski definition) is 4. The minimum Gasteiger partial charge on any atom is -0.396 e. The van der Waals surface area contributed by atoms with Gasteiger partial charge in [-0.05, 0) is 43.0 Å². The molecular weight excluding hydrogens is 282 g/mol. The highest BCUT2D eigenvalue weighted by Gasteiger charge is 2.18. The fraction of sp³-hybridized carbons (Fsp3) is 0.375. The lowest BCUT2D eigenvalue weighted by Crippen LogP contribution is -2.34. The van der Waals surface area contributed by atoms with Crippen LogP contribution < -0.4 is 16.1 Å². The van der Waals surface area contributed by atoms with Gasteiger partial charge in [0.1, 0.15) is 0 Å². The lowest BCUT2D eigenvalue weighted by atomic mass is 9.97. The molecule has 6 heteroatoms. The zero-order valence-electron chi connectivity index (χ0n) is 12.2. The molecule has 0 unspecified atom stereocenters. The first-order chi connectivity index (χ1) is 10.7. The van der Waals surface area contributed by atoms with Gasteiger partial charge in [0.15, 0.2) is 0 Å². The van der Waals surface area contributed by atoms with Crippen molar-refractivity contribution in [2.45, 2.75) is 12.8 Å². The molecule has 0 saturated carbocycles. The molecule has 1 saturated heterocycles. The Morgan fingerprint density at radius 2 is 1.68 bits per heavy atom. The number of hydrogen-bond donors (Lipinski definition) is 2. The predicted molar refractivity (Wildman–Crippen MR) is 84.7 cm³/mol. The van der Waals surface area contributed by atoms with Crippen LogP contribution >= 0.6 is 0 Å². The second-order valence-electron chi connectivity index (χ2n) is 5.61. The van der Waals surface area contributed by atoms with Gasteiger partial charge < -0.3 is 10.0 Å². The molecule has 0 spiro atoms. The van der Waals surface area contributed by atoms with E-state index in [1.54, 1.807) is 0 Å². The molecule has 2 heterocycles. The summed E-state index contributed by atoms with van der Waals surface area (Å²) >= 11 is 0. The van der Waals surface area contributed by atoms with Crippen LogP contribution in [0.3, 0.4) is 0 Å². The Hall–Kier alpha value is -2.34. The van der Waals surface area contributed by atoms with Crippen molar-refractivity contribution in [2.75, 3.05) is 24.6 Å². The first kappa shape index (κ1) is 14.6. The fourth-order valence-electron chi connectivity index (χ4n) is 2.82. The van der Waals surface area contributed by atoms with Crippen molar-refractivity contribution in [3.8, 4) is 5.69 Å². The van der Waals surface area contributed by atoms with Gasteiger partial charge in [-0.2, -0.15) is 0 Å². The van der Waals surface area contributed by atoms with E-state index in [-0.39, 0.29) is 6.61 Å². The van der Waals surface area contributed by atoms with Crippen LogP contribution in [0.25, 0.3) is 5.69 Å². The largest absolute Gasteiger partial charge is 0.396 e. The van der Waals surface area contributed by atoms with Crippen LogP contribution in [0.1, 0.15) is 12.8 Å². The van der Waals surface area contributed by atoms with Gasteiger partial charge >= 0.3 is 5.69 Å². The Morgan fingerprint density at radius 1 is 1.05 bits per heavy atom. The maximum Gasteiger partial charge on any atom is 0.332 e. The van der Waals surface area contributed by atoms with Crippen molar-refractivity contribution in [3.63, 3.8) is 0 Å². The monoisotopic (exact) mass is 301 g/mol. The Bertz CT molecular complexity index is 740. The van der Waals surface area contributed by atoms with Gasteiger partial charge in [0.05, 0.1) is 5.69 Å². The minimum absolute atomic E-state index is 0.266. The average Bonchev–Trinajstić information content (AvgIpc) is 2.55. The predicted octanol–water partition coefficient (Wildman–Crippen LogP) is 0.734. The van der Waals surface area contributed by atoms with Crippen LogP contribution in [0, 0.1) is 5.92 Å². The Morgan fingerprint density at radius 3 is 2.27 bits per heavy atom. The van der Waals surface area contributed by atoms with Crippen LogP contribution in [0.2, 0.25) is 0 Å². The lowest BCUT2D eigenvalue weighted by molar-refractivity contribution is 0.203. The first-order valence-corrected chi connectivity index (χ1v) is 7.45. The number of aliphatic hydroxyl groups is 1. The third-order valence-electron chi connectivity index (χ3n) is 4.19. The molecular formula is C16H19N3O3. The number of aromatic nitrogens is 2. The van der Waals surface area contributed by atoms with E-state index in [9.17, 15) is 14.7 Å². The van der Waals surface area contributed by atoms with Crippen molar-refractivity contribution in [1.82, 2.24) is 9.55 Å². The van der Waals surface area contributed by atoms with E-state index in [0.717, 1.165) is 37.3 Å². The number of nitrogens with zero attached hydrogens (tertiary/aromatic N) is 2. The highest BCUT2D eigenvalue weighted by Crippen LogP contribution is 2.23. The van der Waals surface area contributed by atoms with Crippen molar-refractivity contribution in [1.29, 1.82) is 0 Å². The number of H-pyrrole nitrogens is 1. The molecule has 0 aliphatic carbocycles. The van der Waals surface area contributed by atoms with Gasteiger partial charge in [0, 0.05) is 37.6 Å². The SMILES string of the molecule is O=c1ccn(-c2ccc(N3CCC(CO)CC3)cc2)c(=O)[nH]1. The van der Waals surface area contributed by atoms with Crippen LogP contribution in [-0.4, -0.2) is 34.4 Å². The Balaban J connectivity index is 1.78. The van der Waals surface area contributed by atoms with E-state index >= 15 is 0 Å². The number of piperidine rings is 1. The minimum atomic E-state index is -0.441. The zero-order chi connectivity index (χ0) is 15.5. The molecule has 3 rings (SSSR count). The van der Waals surface area contributed by atoms with E-state index in [4.69, 9.17) is 0 Å². The number of nitrogens with one attached hydrogen (secondary N) is 1. The summed E-state index contributed by atoms with van der Waals surface area (Å²) in [5.74, 6) is 0.412. The third-order valence-corrected chi connectivity index (χ3v) is 4.19. The van der Waals surface area contributed by atoms with E-state index in [2.05, 4.69) is 9.88 Å². The van der Waals surface area contributed by atoms with Crippen molar-refractivity contribution in [2.24, 2.45) is 5.92 Å². The third kappa shape index (κ3) is 2.96. The molecule has 0 atom stereocenters. The van der Waals surface area contributed by atoms with Crippen LogP contribution in [0.4, 0.5) is 5.69 Å². The summed E-state index contributed by atoms with van der Waals surface area (Å²) in [6.45, 7) is 2.13. The highest BCUT2D eigenvalue weighted by molar-refractivity contribution is 5.51. The van der Waals surface area contributed by atoms with Gasteiger partial charge in [-0.3, -0.25) is 14.3 Å². The molecule has 0 amide bonds. The van der Waals surface area contributed by atoms with Crippen molar-refractivity contribution in [3.05, 3.63) is 57.4 Å². The summed E-state index contributed by atoms with van der Waals surface area (Å²) in [4.78, 5) is 27.4. The van der Waals surface area contributed by atoms with Gasteiger partial charge in [0.2, 0.25) is 0 Å². The standard InChI is InChI=1S/C16H19N3O3/c20-11-12-5-8-18(9-6-12)13-1-3-14(4-2-13)19-10-7-15(21)17-16(19)22/h1-4,7,10,12,20H,5-6,8-9,11H2,(H,17,21,22). The zero-order valence-corrected chi connectivity index (χ0v) is 12.2. The molecule has 0 bridgehead atoms. The molecule has 22 heavy (non-hydrogen) atoms. The van der Waals surface area contributed by atoms with Crippen molar-refractivity contribution < 1.29 is 5.11 Å². The van der Waals surface area contributed by atoms with E-state index in [1.807, 2.05) is 24.3 Å². The summed E-state index contributed by atoms with van der Waals surface area (Å²) in [5, 5.41) is 9.18. The van der Waals surface area contributed by atoms with E-state index < -0.39 is 11.2 Å². The number of aromatic amines is 1. The van der Waals surface area contributed by atoms with Gasteiger partial charge in [0.25, 0.3) is 5.56 Å². The molecule has 1 aromatic carbocycles. The molecule has 116 valence electrons. The summed E-state index contributed by atoms with van der Waals surface area (Å²) in [6.07, 6.45) is 3.47. The maximum absolute atomic E-state index is 11.8. The summed E-state index contributed by atoms with van der Waals surface area (Å²) in [7, 11) is 0. The van der Waals surface area contributed by atoms with Crippen LogP contribution in [-0.2, 0) is 0 Å². The van der Waals surface area contributed by atoms with Gasteiger partial charge in [-0.1, -0.05) is 0 Å². The number of benzene rings is 1. The lowest BCUT2D eigenvalue weighted by Gasteiger charge is -2.32. The second kappa shape index (κ2) is 6.19. The summed E-state index contributed by atoms with van der Waals surface area (Å²) in [5.41, 5.74) is 0.987. The number of aliphatic hydroxyl groups excluding tert-OH is 1. The number of rotatable bonds is 3. The Labute approximate surface area is 127 Å². The smallest absolute Gasteiger partial charge is 0.332 e. The van der Waals surface area contributed by atoms with Crippen molar-refractivity contribution >= 4 is 5.69 Å². The topological polar surface area (TPSA) is 78.3 Å². The average molecular weight is 301 g/mol. The first-order valence-electron chi connectivity index (χ1n) is 7.45. The van der Waals surface area contributed by atoms with Gasteiger partial charge in [-0.15, -0.1) is 0 Å². The molecule has 1 aliphatic rings. The number of anilines is 1. The fourth-order valence-corrected chi connectivity index (χ4v) is 2.82. The second-order valence-corrected chi connectivity index (χ2v) is 5.61. The molecule has 2 N–H and O–H groups in total. The van der Waals surface area contributed by atoms with E-state index in [1.165, 1.54) is 16.8 Å². The quantitative estimate of drug-likeness (QED) is 0.876. The molecule has 2 aromatic rings. The molecule has 1 aliphatic heterocycles. The normalized spacial score (nSPS) is 16.0. The summed E-state index contributed by atoms with van der Waals surface area (Å²) in [6, 6.07) is 9.02. The molecule has 0 radical (unpaired) electrons. The van der Waals surface area contributed by atoms with Crippen LogP contribution in [0.5, 0.6) is 0 Å². The van der Waals surface area contributed by atoms with Gasteiger partial charge in [-0.25, -0.2) is 4.79 Å². The highest BCUT2D eigenvalue weighted by atomic mass is 16.3. The molecule has 1 fully saturated rings. The Kier molecular flexibility index (Phi) is 4.11. The summed E-state index contributed by atoms with van der Waals surface area (Å²) < 4.78 is 1.41.